The van der Waals surface area contributed by atoms with Crippen molar-refractivity contribution in [1.29, 1.82) is 0 Å². The molecule has 5 heterocycles. The van der Waals surface area contributed by atoms with E-state index in [1.165, 1.54) is 28.3 Å². The maximum absolute atomic E-state index is 15.1. The molecule has 2 saturated heterocycles. The third-order valence-electron chi connectivity index (χ3n) is 10.5. The molecule has 2 aromatic carbocycles. The van der Waals surface area contributed by atoms with Crippen LogP contribution in [0.2, 0.25) is 5.02 Å². The molecule has 0 bridgehead atoms. The molecule has 0 unspecified atom stereocenters. The first kappa shape index (κ1) is 44.7. The summed E-state index contributed by atoms with van der Waals surface area (Å²) in [5.74, 6) is -0.407. The summed E-state index contributed by atoms with van der Waals surface area (Å²) in [6, 6.07) is 11.9. The van der Waals surface area contributed by atoms with Crippen LogP contribution in [0.4, 0.5) is 25.4 Å². The van der Waals surface area contributed by atoms with Crippen LogP contribution in [0.3, 0.4) is 0 Å². The zero-order valence-corrected chi connectivity index (χ0v) is 36.2. The Balaban J connectivity index is 0.843. The van der Waals surface area contributed by atoms with Gasteiger partial charge < -0.3 is 40.4 Å². The Bertz CT molecular complexity index is 2510. The highest BCUT2D eigenvalue weighted by Gasteiger charge is 2.45. The number of nitrogens with zero attached hydrogens (tertiary/aromatic N) is 5. The number of likely N-dealkylation sites (tertiary alicyclic amines) is 1. The molecule has 0 aliphatic carbocycles. The summed E-state index contributed by atoms with van der Waals surface area (Å²) >= 11 is 6.27. The molecule has 3 aromatic heterocycles. The Labute approximate surface area is 368 Å². The second kappa shape index (κ2) is 18.9. The van der Waals surface area contributed by atoms with E-state index in [-0.39, 0.29) is 49.9 Å². The quantitative estimate of drug-likeness (QED) is 0.0651. The van der Waals surface area contributed by atoms with Crippen molar-refractivity contribution in [3.8, 4) is 34.1 Å². The molecule has 2 aliphatic rings. The molecule has 0 radical (unpaired) electrons. The van der Waals surface area contributed by atoms with E-state index in [1.54, 1.807) is 37.4 Å². The van der Waals surface area contributed by atoms with E-state index in [1.807, 2.05) is 32.9 Å². The number of nitrogens with one attached hydrogen (secondary N) is 5. The molecule has 6 amide bonds. The van der Waals surface area contributed by atoms with Crippen LogP contribution in [0.1, 0.15) is 45.6 Å². The van der Waals surface area contributed by atoms with Crippen LogP contribution in [0, 0.1) is 18.2 Å². The average Bonchev–Trinajstić information content (AvgIpc) is 3.66. The van der Waals surface area contributed by atoms with Crippen LogP contribution < -0.4 is 35.6 Å². The third-order valence-corrected chi connectivity index (χ3v) is 10.8. The molecule has 19 heteroatoms. The van der Waals surface area contributed by atoms with E-state index in [9.17, 15) is 24.3 Å². The normalized spacial score (nSPS) is 14.9. The highest BCUT2D eigenvalue weighted by Crippen LogP contribution is 2.37. The van der Waals surface area contributed by atoms with E-state index in [0.29, 0.717) is 95.0 Å². The smallest absolute Gasteiger partial charge is 0.328 e. The number of amides is 6. The zero-order chi connectivity index (χ0) is 44.9. The van der Waals surface area contributed by atoms with Gasteiger partial charge >= 0.3 is 12.1 Å². The molecular weight excluding hydrogens is 835 g/mol. The van der Waals surface area contributed by atoms with Gasteiger partial charge in [0.05, 0.1) is 36.1 Å². The number of hydrogen-bond donors (Lipinski definition) is 6. The van der Waals surface area contributed by atoms with Crippen LogP contribution >= 0.6 is 11.6 Å². The Morgan fingerprint density at radius 2 is 1.83 bits per heavy atom. The number of carbonyl (C=O) groups excluding carboxylic acids is 4. The van der Waals surface area contributed by atoms with Crippen molar-refractivity contribution in [3.63, 3.8) is 0 Å². The van der Waals surface area contributed by atoms with Gasteiger partial charge in [0.15, 0.2) is 6.61 Å². The van der Waals surface area contributed by atoms with Crippen molar-refractivity contribution in [1.82, 2.24) is 40.8 Å². The van der Waals surface area contributed by atoms with E-state index >= 15 is 4.39 Å². The van der Waals surface area contributed by atoms with Gasteiger partial charge in [0, 0.05) is 72.3 Å². The molecule has 0 atom stereocenters. The standard InChI is InChI=1S/C44H50ClFN10O7/c1-26-30(16-28(46)17-33(26)53-41(59)55-23-44(61,24-55)22-43(2,3)4)39-31-19-34(52-40(31)51-25-50-39)27-6-9-38(49-20-27)62-15-5-11-47-12-13-48-37(58)21-63-29-7-8-32(45)35(18-29)56-14-10-36(57)54-42(56)60/h6-9,16-20,25,47,61H,5,10-15,21-24H2,1-4H3,(H,48,58)(H,53,59)(H,50,51,52)(H,54,57,60). The summed E-state index contributed by atoms with van der Waals surface area (Å²) in [6.07, 6.45) is 4.48. The lowest BCUT2D eigenvalue weighted by molar-refractivity contribution is -0.123. The van der Waals surface area contributed by atoms with Crippen molar-refractivity contribution in [2.45, 2.75) is 52.6 Å². The van der Waals surface area contributed by atoms with Gasteiger partial charge in [0.2, 0.25) is 11.8 Å². The number of aliphatic hydroxyl groups is 1. The lowest BCUT2D eigenvalue weighted by Crippen LogP contribution is -2.65. The van der Waals surface area contributed by atoms with Crippen molar-refractivity contribution in [3.05, 3.63) is 77.5 Å². The summed E-state index contributed by atoms with van der Waals surface area (Å²) in [4.78, 5) is 68.7. The fraction of sp³-hybridized carbons (Fsp3) is 0.386. The fourth-order valence-electron chi connectivity index (χ4n) is 7.66. The molecule has 6 N–H and O–H groups in total. The van der Waals surface area contributed by atoms with Crippen LogP contribution in [0.15, 0.2) is 61.1 Å². The Morgan fingerprint density at radius 1 is 1.02 bits per heavy atom. The van der Waals surface area contributed by atoms with E-state index in [2.05, 4.69) is 41.2 Å². The van der Waals surface area contributed by atoms with Crippen LogP contribution in [-0.4, -0.2) is 112 Å². The van der Waals surface area contributed by atoms with Gasteiger partial charge in [-0.05, 0) is 73.7 Å². The Kier molecular flexibility index (Phi) is 13.4. The molecule has 2 aliphatic heterocycles. The molecule has 63 heavy (non-hydrogen) atoms. The van der Waals surface area contributed by atoms with Gasteiger partial charge in [-0.2, -0.15) is 0 Å². The predicted molar refractivity (Wildman–Crippen MR) is 235 cm³/mol. The molecule has 5 aromatic rings. The molecule has 0 spiro atoms. The van der Waals surface area contributed by atoms with Crippen molar-refractivity contribution in [2.24, 2.45) is 5.41 Å². The highest BCUT2D eigenvalue weighted by molar-refractivity contribution is 6.34. The first-order valence-corrected chi connectivity index (χ1v) is 20.9. The number of hydrogen-bond acceptors (Lipinski definition) is 11. The minimum Gasteiger partial charge on any atom is -0.484 e. The lowest BCUT2D eigenvalue weighted by Gasteiger charge is -2.48. The van der Waals surface area contributed by atoms with Crippen molar-refractivity contribution >= 4 is 57.9 Å². The first-order chi connectivity index (χ1) is 30.0. The van der Waals surface area contributed by atoms with E-state index < -0.39 is 23.5 Å². The number of ether oxygens (including phenoxy) is 2. The lowest BCUT2D eigenvalue weighted by atomic mass is 9.78. The number of halogens is 2. The maximum atomic E-state index is 15.1. The minimum absolute atomic E-state index is 0.0928. The van der Waals surface area contributed by atoms with Crippen molar-refractivity contribution < 1.29 is 38.1 Å². The topological polar surface area (TPSA) is 216 Å². The number of imide groups is 1. The number of anilines is 2. The number of aromatic amines is 1. The molecule has 0 saturated carbocycles. The minimum atomic E-state index is -0.945. The number of β-amino-alcohol motifs (C(OH)–C–C–N with tert-alkyl or cyclic N) is 1. The molecule has 2 fully saturated rings. The Hall–Kier alpha value is -6.37. The van der Waals surface area contributed by atoms with Gasteiger partial charge in [0.25, 0.3) is 5.91 Å². The molecular formula is C44H50ClFN10O7. The van der Waals surface area contributed by atoms with Crippen molar-refractivity contribution in [2.75, 3.05) is 62.7 Å². The van der Waals surface area contributed by atoms with Gasteiger partial charge in [-0.25, -0.2) is 28.9 Å². The number of urea groups is 2. The van der Waals surface area contributed by atoms with E-state index in [4.69, 9.17) is 21.1 Å². The summed E-state index contributed by atoms with van der Waals surface area (Å²) in [6.45, 7) is 10.2. The number of H-pyrrole nitrogens is 1. The predicted octanol–water partition coefficient (Wildman–Crippen LogP) is 5.80. The average molecular weight is 885 g/mol. The number of carbonyl (C=O) groups is 4. The van der Waals surface area contributed by atoms with Gasteiger partial charge in [-0.3, -0.25) is 19.8 Å². The van der Waals surface area contributed by atoms with Crippen LogP contribution in [-0.2, 0) is 9.59 Å². The molecule has 332 valence electrons. The first-order valence-electron chi connectivity index (χ1n) is 20.6. The summed E-state index contributed by atoms with van der Waals surface area (Å²) in [5, 5.41) is 22.9. The van der Waals surface area contributed by atoms with Gasteiger partial charge in [-0.15, -0.1) is 0 Å². The van der Waals surface area contributed by atoms with E-state index in [0.717, 1.165) is 11.3 Å². The monoisotopic (exact) mass is 884 g/mol. The second-order valence-corrected chi connectivity index (χ2v) is 17.3. The number of rotatable bonds is 16. The molecule has 17 nitrogen and oxygen atoms in total. The third kappa shape index (κ3) is 11.2. The number of fused-ring (bicyclic) bond motifs is 1. The van der Waals surface area contributed by atoms with Gasteiger partial charge in [-0.1, -0.05) is 32.4 Å². The number of aromatic nitrogens is 4. The highest BCUT2D eigenvalue weighted by atomic mass is 35.5. The Morgan fingerprint density at radius 3 is 2.57 bits per heavy atom. The number of pyridine rings is 1. The summed E-state index contributed by atoms with van der Waals surface area (Å²) in [5.41, 5.74) is 3.31. The summed E-state index contributed by atoms with van der Waals surface area (Å²) in [7, 11) is 0. The summed E-state index contributed by atoms with van der Waals surface area (Å²) < 4.78 is 26.5. The zero-order valence-electron chi connectivity index (χ0n) is 35.4. The largest absolute Gasteiger partial charge is 0.484 e. The fourth-order valence-corrected chi connectivity index (χ4v) is 7.88. The van der Waals surface area contributed by atoms with Gasteiger partial charge in [0.1, 0.15) is 29.1 Å². The second-order valence-electron chi connectivity index (χ2n) is 16.9. The van der Waals surface area contributed by atoms with Crippen LogP contribution in [0.25, 0.3) is 33.5 Å². The molecule has 7 rings (SSSR count). The van der Waals surface area contributed by atoms with Crippen LogP contribution in [0.5, 0.6) is 11.6 Å². The maximum Gasteiger partial charge on any atom is 0.328 e. The number of benzene rings is 2. The SMILES string of the molecule is Cc1c(NC(=O)N2CC(O)(CC(C)(C)C)C2)cc(F)cc1-c1ncnc2[nH]c(-c3ccc(OCCCNCCNC(=O)COc4ccc(Cl)c(N5CCC(=O)NC5=O)c4)nc3)cc12.